The van der Waals surface area contributed by atoms with Crippen LogP contribution < -0.4 is 4.90 Å². The van der Waals surface area contributed by atoms with Crippen molar-refractivity contribution in [2.24, 2.45) is 0 Å². The number of carbonyl (C=O) groups excluding carboxylic acids is 1. The molecule has 0 radical (unpaired) electrons. The van der Waals surface area contributed by atoms with E-state index in [0.29, 0.717) is 13.0 Å². The molecular formula is C16H21NO3. The minimum absolute atomic E-state index is 0.0935. The van der Waals surface area contributed by atoms with Gasteiger partial charge in [-0.15, -0.1) is 0 Å². The Morgan fingerprint density at radius 1 is 1.20 bits per heavy atom. The number of rotatable bonds is 4. The minimum atomic E-state index is 0.0935. The largest absolute Gasteiger partial charge is 0.379 e. The third kappa shape index (κ3) is 3.02. The molecule has 3 rings (SSSR count). The Hall–Kier alpha value is -1.39. The van der Waals surface area contributed by atoms with E-state index in [9.17, 15) is 4.79 Å². The summed E-state index contributed by atoms with van der Waals surface area (Å²) in [7, 11) is 0. The number of amides is 1. The monoisotopic (exact) mass is 275 g/mol. The summed E-state index contributed by atoms with van der Waals surface area (Å²) in [5, 5.41) is 0. The zero-order valence-electron chi connectivity index (χ0n) is 11.7. The van der Waals surface area contributed by atoms with Crippen molar-refractivity contribution in [2.45, 2.75) is 37.8 Å². The number of nitrogens with zero attached hydrogens (tertiary/aromatic N) is 1. The highest BCUT2D eigenvalue weighted by atomic mass is 16.5. The summed E-state index contributed by atoms with van der Waals surface area (Å²) in [4.78, 5) is 14.6. The smallest absolute Gasteiger partial charge is 0.229 e. The van der Waals surface area contributed by atoms with Crippen LogP contribution in [-0.4, -0.2) is 37.9 Å². The summed E-state index contributed by atoms with van der Waals surface area (Å²) in [6, 6.07) is 10.1. The summed E-state index contributed by atoms with van der Waals surface area (Å²) in [6.07, 6.45) is 3.54. The first-order valence-electron chi connectivity index (χ1n) is 7.41. The molecule has 1 aromatic carbocycles. The van der Waals surface area contributed by atoms with Gasteiger partial charge in [-0.1, -0.05) is 18.2 Å². The quantitative estimate of drug-likeness (QED) is 0.847. The van der Waals surface area contributed by atoms with Gasteiger partial charge < -0.3 is 14.4 Å². The average Bonchev–Trinajstić information content (AvgIpc) is 3.14. The van der Waals surface area contributed by atoms with Gasteiger partial charge in [0.05, 0.1) is 25.2 Å². The highest BCUT2D eigenvalue weighted by Crippen LogP contribution is 2.25. The van der Waals surface area contributed by atoms with Crippen LogP contribution in [0, 0.1) is 0 Å². The molecule has 0 spiro atoms. The van der Waals surface area contributed by atoms with E-state index in [0.717, 1.165) is 38.2 Å². The van der Waals surface area contributed by atoms with E-state index in [2.05, 4.69) is 0 Å². The molecule has 0 aliphatic carbocycles. The van der Waals surface area contributed by atoms with Crippen molar-refractivity contribution in [3.8, 4) is 0 Å². The molecule has 0 N–H and O–H groups in total. The first-order chi connectivity index (χ1) is 9.84. The lowest BCUT2D eigenvalue weighted by atomic mass is 10.1. The molecule has 20 heavy (non-hydrogen) atoms. The Kier molecular flexibility index (Phi) is 4.33. The van der Waals surface area contributed by atoms with Crippen molar-refractivity contribution in [1.29, 1.82) is 0 Å². The first-order valence-corrected chi connectivity index (χ1v) is 7.41. The molecule has 2 heterocycles. The SMILES string of the molecule is O=C(C[C@@H]1CCCO1)N(c1ccccc1)[C@H]1CCOC1. The van der Waals surface area contributed by atoms with E-state index in [1.807, 2.05) is 35.2 Å². The summed E-state index contributed by atoms with van der Waals surface area (Å²) in [6.45, 7) is 2.16. The van der Waals surface area contributed by atoms with Gasteiger partial charge in [0, 0.05) is 18.9 Å². The van der Waals surface area contributed by atoms with Crippen molar-refractivity contribution in [1.82, 2.24) is 0 Å². The first kappa shape index (κ1) is 13.6. The van der Waals surface area contributed by atoms with E-state index in [-0.39, 0.29) is 18.1 Å². The van der Waals surface area contributed by atoms with Gasteiger partial charge in [-0.2, -0.15) is 0 Å². The molecule has 0 unspecified atom stereocenters. The van der Waals surface area contributed by atoms with Crippen molar-refractivity contribution < 1.29 is 14.3 Å². The Labute approximate surface area is 119 Å². The fourth-order valence-electron chi connectivity index (χ4n) is 2.97. The molecule has 4 heteroatoms. The van der Waals surface area contributed by atoms with E-state index in [1.54, 1.807) is 0 Å². The molecule has 2 saturated heterocycles. The molecule has 4 nitrogen and oxygen atoms in total. The standard InChI is InChI=1S/C16H21NO3/c18-16(11-15-7-4-9-20-15)17(14-8-10-19-12-14)13-5-2-1-3-6-13/h1-3,5-6,14-15H,4,7-12H2/t14-,15-/m0/s1. The van der Waals surface area contributed by atoms with Crippen LogP contribution in [0.1, 0.15) is 25.7 Å². The zero-order valence-corrected chi connectivity index (χ0v) is 11.7. The van der Waals surface area contributed by atoms with Crippen LogP contribution in [0.25, 0.3) is 0 Å². The predicted octanol–water partition coefficient (Wildman–Crippen LogP) is 2.38. The Morgan fingerprint density at radius 3 is 2.70 bits per heavy atom. The lowest BCUT2D eigenvalue weighted by Gasteiger charge is -2.29. The fourth-order valence-corrected chi connectivity index (χ4v) is 2.97. The lowest BCUT2D eigenvalue weighted by molar-refractivity contribution is -0.121. The third-order valence-electron chi connectivity index (χ3n) is 4.00. The van der Waals surface area contributed by atoms with Crippen molar-refractivity contribution in [3.05, 3.63) is 30.3 Å². The van der Waals surface area contributed by atoms with E-state index < -0.39 is 0 Å². The number of hydrogen-bond acceptors (Lipinski definition) is 3. The molecule has 108 valence electrons. The van der Waals surface area contributed by atoms with E-state index in [1.165, 1.54) is 0 Å². The third-order valence-corrected chi connectivity index (χ3v) is 4.00. The lowest BCUT2D eigenvalue weighted by Crippen LogP contribution is -2.42. The van der Waals surface area contributed by atoms with Crippen LogP contribution in [-0.2, 0) is 14.3 Å². The predicted molar refractivity (Wildman–Crippen MR) is 76.7 cm³/mol. The minimum Gasteiger partial charge on any atom is -0.379 e. The summed E-state index contributed by atoms with van der Waals surface area (Å²) < 4.78 is 11.0. The number of anilines is 1. The maximum absolute atomic E-state index is 12.7. The van der Waals surface area contributed by atoms with Gasteiger partial charge in [0.25, 0.3) is 0 Å². The van der Waals surface area contributed by atoms with Crippen molar-refractivity contribution >= 4 is 11.6 Å². The molecule has 1 amide bonds. The summed E-state index contributed by atoms with van der Waals surface area (Å²) >= 11 is 0. The maximum atomic E-state index is 12.7. The zero-order chi connectivity index (χ0) is 13.8. The highest BCUT2D eigenvalue weighted by molar-refractivity contribution is 5.94. The number of hydrogen-bond donors (Lipinski definition) is 0. The molecule has 0 aromatic heterocycles. The number of para-hydroxylation sites is 1. The van der Waals surface area contributed by atoms with Gasteiger partial charge in [-0.25, -0.2) is 0 Å². The highest BCUT2D eigenvalue weighted by Gasteiger charge is 2.30. The topological polar surface area (TPSA) is 38.8 Å². The average molecular weight is 275 g/mol. The van der Waals surface area contributed by atoms with Crippen LogP contribution in [0.3, 0.4) is 0 Å². The Balaban J connectivity index is 1.75. The van der Waals surface area contributed by atoms with E-state index >= 15 is 0 Å². The molecule has 2 fully saturated rings. The maximum Gasteiger partial charge on any atom is 0.229 e. The summed E-state index contributed by atoms with van der Waals surface area (Å²) in [5.41, 5.74) is 0.964. The normalized spacial score (nSPS) is 25.8. The fraction of sp³-hybridized carbons (Fsp3) is 0.562. The molecule has 2 aliphatic rings. The molecular weight excluding hydrogens is 254 g/mol. The van der Waals surface area contributed by atoms with Crippen LogP contribution >= 0.6 is 0 Å². The second-order valence-electron chi connectivity index (χ2n) is 5.46. The second kappa shape index (κ2) is 6.37. The van der Waals surface area contributed by atoms with E-state index in [4.69, 9.17) is 9.47 Å². The van der Waals surface area contributed by atoms with Crippen LogP contribution in [0.4, 0.5) is 5.69 Å². The van der Waals surface area contributed by atoms with Gasteiger partial charge in [-0.05, 0) is 31.4 Å². The molecule has 1 aromatic rings. The van der Waals surface area contributed by atoms with Gasteiger partial charge in [0.1, 0.15) is 0 Å². The van der Waals surface area contributed by atoms with Crippen LogP contribution in [0.5, 0.6) is 0 Å². The van der Waals surface area contributed by atoms with Crippen LogP contribution in [0.15, 0.2) is 30.3 Å². The second-order valence-corrected chi connectivity index (χ2v) is 5.46. The molecule has 0 saturated carbocycles. The number of ether oxygens (including phenoxy) is 2. The van der Waals surface area contributed by atoms with Crippen molar-refractivity contribution in [2.75, 3.05) is 24.7 Å². The number of benzene rings is 1. The summed E-state index contributed by atoms with van der Waals surface area (Å²) in [5.74, 6) is 0.151. The van der Waals surface area contributed by atoms with Gasteiger partial charge in [0.2, 0.25) is 5.91 Å². The van der Waals surface area contributed by atoms with Crippen LogP contribution in [0.2, 0.25) is 0 Å². The van der Waals surface area contributed by atoms with Gasteiger partial charge >= 0.3 is 0 Å². The molecule has 0 bridgehead atoms. The Morgan fingerprint density at radius 2 is 2.05 bits per heavy atom. The van der Waals surface area contributed by atoms with Gasteiger partial charge in [-0.3, -0.25) is 4.79 Å². The molecule has 2 aliphatic heterocycles. The Bertz CT molecular complexity index is 436. The molecule has 2 atom stereocenters. The van der Waals surface area contributed by atoms with Gasteiger partial charge in [0.15, 0.2) is 0 Å². The number of carbonyl (C=O) groups is 1. The van der Waals surface area contributed by atoms with Crippen molar-refractivity contribution in [3.63, 3.8) is 0 Å².